The monoisotopic (exact) mass is 383 g/mol. The maximum atomic E-state index is 12.5. The number of thioether (sulfide) groups is 1. The lowest BCUT2D eigenvalue weighted by atomic mass is 10.0. The Bertz CT molecular complexity index is 983. The van der Waals surface area contributed by atoms with Crippen LogP contribution in [0.3, 0.4) is 0 Å². The number of fused-ring (bicyclic) bond motifs is 3. The average molecular weight is 384 g/mol. The summed E-state index contributed by atoms with van der Waals surface area (Å²) in [6.07, 6.45) is 3.40. The van der Waals surface area contributed by atoms with Gasteiger partial charge in [-0.1, -0.05) is 31.7 Å². The van der Waals surface area contributed by atoms with E-state index < -0.39 is 0 Å². The standard InChI is InChI=1S/C20H25N5OS/c1-12(2)14-7-8-16-15(10-14)18-19(21-16)22-20(24-23-18)27-11-17(26)25-9-5-4-6-13(25)3/h7-8,10,12-13H,4-6,9,11H2,1-3H3,(H,21,22,24)/t13-/m1/s1. The first-order valence-corrected chi connectivity index (χ1v) is 10.6. The Hall–Kier alpha value is -2.15. The van der Waals surface area contributed by atoms with E-state index in [2.05, 4.69) is 59.1 Å². The summed E-state index contributed by atoms with van der Waals surface area (Å²) in [5.41, 5.74) is 3.79. The molecule has 1 fully saturated rings. The van der Waals surface area contributed by atoms with Gasteiger partial charge in [0.1, 0.15) is 5.52 Å². The van der Waals surface area contributed by atoms with Crippen molar-refractivity contribution in [1.29, 1.82) is 0 Å². The summed E-state index contributed by atoms with van der Waals surface area (Å²) in [5.74, 6) is 0.974. The van der Waals surface area contributed by atoms with Gasteiger partial charge in [-0.3, -0.25) is 4.79 Å². The molecule has 3 heterocycles. The molecule has 27 heavy (non-hydrogen) atoms. The quantitative estimate of drug-likeness (QED) is 0.686. The Morgan fingerprint density at radius 1 is 1.33 bits per heavy atom. The van der Waals surface area contributed by atoms with Gasteiger partial charge in [-0.2, -0.15) is 0 Å². The van der Waals surface area contributed by atoms with Crippen LogP contribution in [-0.4, -0.2) is 49.3 Å². The van der Waals surface area contributed by atoms with Gasteiger partial charge in [0.25, 0.3) is 0 Å². The topological polar surface area (TPSA) is 74.8 Å². The van der Waals surface area contributed by atoms with Crippen molar-refractivity contribution in [2.75, 3.05) is 12.3 Å². The second kappa shape index (κ2) is 7.46. The molecule has 1 atom stereocenters. The number of benzene rings is 1. The minimum absolute atomic E-state index is 0.161. The van der Waals surface area contributed by atoms with E-state index in [0.717, 1.165) is 41.5 Å². The predicted molar refractivity (Wildman–Crippen MR) is 109 cm³/mol. The van der Waals surface area contributed by atoms with Crippen molar-refractivity contribution in [2.24, 2.45) is 0 Å². The number of aromatic amines is 1. The van der Waals surface area contributed by atoms with E-state index >= 15 is 0 Å². The smallest absolute Gasteiger partial charge is 0.233 e. The molecule has 2 aromatic heterocycles. The van der Waals surface area contributed by atoms with E-state index in [-0.39, 0.29) is 5.91 Å². The van der Waals surface area contributed by atoms with E-state index in [1.807, 2.05) is 4.90 Å². The molecule has 1 amide bonds. The molecule has 0 saturated carbocycles. The minimum atomic E-state index is 0.161. The van der Waals surface area contributed by atoms with Gasteiger partial charge in [-0.15, -0.1) is 10.2 Å². The molecule has 4 rings (SSSR count). The largest absolute Gasteiger partial charge is 0.339 e. The summed E-state index contributed by atoms with van der Waals surface area (Å²) in [7, 11) is 0. The number of piperidine rings is 1. The second-order valence-corrected chi connectivity index (χ2v) is 8.54. The SMILES string of the molecule is CC(C)c1ccc2[nH]c3nc(SCC(=O)N4CCCC[C@H]4C)nnc3c2c1. The first kappa shape index (κ1) is 18.2. The molecule has 1 N–H and O–H groups in total. The molecular weight excluding hydrogens is 358 g/mol. The normalized spacial score (nSPS) is 17.9. The highest BCUT2D eigenvalue weighted by atomic mass is 32.2. The minimum Gasteiger partial charge on any atom is -0.339 e. The van der Waals surface area contributed by atoms with E-state index in [1.165, 1.54) is 23.7 Å². The van der Waals surface area contributed by atoms with Crippen LogP contribution in [0, 0.1) is 0 Å². The zero-order valence-electron chi connectivity index (χ0n) is 16.0. The second-order valence-electron chi connectivity index (χ2n) is 7.60. The summed E-state index contributed by atoms with van der Waals surface area (Å²) in [6.45, 7) is 7.34. The Labute approximate surface area is 163 Å². The van der Waals surface area contributed by atoms with Crippen LogP contribution in [0.4, 0.5) is 0 Å². The molecule has 142 valence electrons. The molecule has 1 saturated heterocycles. The number of nitrogens with zero attached hydrogens (tertiary/aromatic N) is 4. The van der Waals surface area contributed by atoms with Gasteiger partial charge in [-0.05, 0) is 49.8 Å². The van der Waals surface area contributed by atoms with Crippen molar-refractivity contribution in [3.63, 3.8) is 0 Å². The zero-order valence-corrected chi connectivity index (χ0v) is 16.8. The lowest BCUT2D eigenvalue weighted by molar-refractivity contribution is -0.131. The third kappa shape index (κ3) is 3.65. The van der Waals surface area contributed by atoms with Crippen molar-refractivity contribution in [3.8, 4) is 0 Å². The number of aromatic nitrogens is 4. The van der Waals surface area contributed by atoms with Crippen molar-refractivity contribution in [2.45, 2.75) is 57.1 Å². The fraction of sp³-hybridized carbons (Fsp3) is 0.500. The Kier molecular flexibility index (Phi) is 5.04. The summed E-state index contributed by atoms with van der Waals surface area (Å²) in [6, 6.07) is 6.69. The van der Waals surface area contributed by atoms with Gasteiger partial charge in [0, 0.05) is 23.5 Å². The van der Waals surface area contributed by atoms with Gasteiger partial charge in [0.15, 0.2) is 5.65 Å². The van der Waals surface area contributed by atoms with Crippen LogP contribution in [0.25, 0.3) is 22.1 Å². The number of rotatable bonds is 4. The summed E-state index contributed by atoms with van der Waals surface area (Å²) in [5, 5.41) is 10.2. The highest BCUT2D eigenvalue weighted by Gasteiger charge is 2.23. The van der Waals surface area contributed by atoms with E-state index in [1.54, 1.807) is 0 Å². The maximum absolute atomic E-state index is 12.5. The van der Waals surface area contributed by atoms with Crippen LogP contribution >= 0.6 is 11.8 Å². The molecular formula is C20H25N5OS. The highest BCUT2D eigenvalue weighted by molar-refractivity contribution is 7.99. The van der Waals surface area contributed by atoms with Gasteiger partial charge >= 0.3 is 0 Å². The highest BCUT2D eigenvalue weighted by Crippen LogP contribution is 2.27. The molecule has 0 radical (unpaired) electrons. The molecule has 1 aliphatic rings. The van der Waals surface area contributed by atoms with Crippen LogP contribution in [0.5, 0.6) is 0 Å². The fourth-order valence-electron chi connectivity index (χ4n) is 3.67. The maximum Gasteiger partial charge on any atom is 0.233 e. The van der Waals surface area contributed by atoms with Gasteiger partial charge in [-0.25, -0.2) is 4.98 Å². The number of likely N-dealkylation sites (tertiary alicyclic amines) is 1. The number of amides is 1. The molecule has 1 aromatic carbocycles. The first-order chi connectivity index (χ1) is 13.0. The molecule has 0 aliphatic carbocycles. The van der Waals surface area contributed by atoms with E-state index in [9.17, 15) is 4.79 Å². The van der Waals surface area contributed by atoms with E-state index in [4.69, 9.17) is 0 Å². The zero-order chi connectivity index (χ0) is 19.0. The number of H-pyrrole nitrogens is 1. The summed E-state index contributed by atoms with van der Waals surface area (Å²) >= 11 is 1.36. The molecule has 6 nitrogen and oxygen atoms in total. The van der Waals surface area contributed by atoms with Gasteiger partial charge < -0.3 is 9.88 Å². The molecule has 0 spiro atoms. The Morgan fingerprint density at radius 3 is 2.96 bits per heavy atom. The number of hydrogen-bond donors (Lipinski definition) is 1. The van der Waals surface area contributed by atoms with Crippen molar-refractivity contribution in [3.05, 3.63) is 23.8 Å². The lowest BCUT2D eigenvalue weighted by Crippen LogP contribution is -2.42. The number of hydrogen-bond acceptors (Lipinski definition) is 5. The summed E-state index contributed by atoms with van der Waals surface area (Å²) in [4.78, 5) is 22.4. The van der Waals surface area contributed by atoms with Gasteiger partial charge in [0.05, 0.1) is 5.75 Å². The Morgan fingerprint density at radius 2 is 2.19 bits per heavy atom. The molecule has 3 aromatic rings. The van der Waals surface area contributed by atoms with Crippen LogP contribution < -0.4 is 0 Å². The first-order valence-electron chi connectivity index (χ1n) is 9.61. The fourth-order valence-corrected chi connectivity index (χ4v) is 4.34. The molecule has 1 aliphatic heterocycles. The van der Waals surface area contributed by atoms with Crippen LogP contribution in [0.15, 0.2) is 23.4 Å². The van der Waals surface area contributed by atoms with Crippen LogP contribution in [0.1, 0.15) is 51.5 Å². The molecule has 0 unspecified atom stereocenters. The average Bonchev–Trinajstić information content (AvgIpc) is 3.03. The van der Waals surface area contributed by atoms with Crippen molar-refractivity contribution in [1.82, 2.24) is 25.1 Å². The van der Waals surface area contributed by atoms with Crippen LogP contribution in [-0.2, 0) is 4.79 Å². The predicted octanol–water partition coefficient (Wildman–Crippen LogP) is 4.12. The third-order valence-electron chi connectivity index (χ3n) is 5.33. The lowest BCUT2D eigenvalue weighted by Gasteiger charge is -2.33. The Balaban J connectivity index is 1.53. The van der Waals surface area contributed by atoms with Crippen molar-refractivity contribution < 1.29 is 4.79 Å². The van der Waals surface area contributed by atoms with Crippen LogP contribution in [0.2, 0.25) is 0 Å². The molecule has 7 heteroatoms. The molecule has 0 bridgehead atoms. The number of carbonyl (C=O) groups excluding carboxylic acids is 1. The van der Waals surface area contributed by atoms with Crippen molar-refractivity contribution >= 4 is 39.7 Å². The van der Waals surface area contributed by atoms with E-state index in [0.29, 0.717) is 22.9 Å². The third-order valence-corrected chi connectivity index (χ3v) is 6.16. The number of nitrogens with one attached hydrogen (secondary N) is 1. The number of carbonyl (C=O) groups is 1. The van der Waals surface area contributed by atoms with Gasteiger partial charge in [0.2, 0.25) is 11.1 Å². The summed E-state index contributed by atoms with van der Waals surface area (Å²) < 4.78 is 0.